The number of carbonyl (C=O) groups is 1. The lowest BCUT2D eigenvalue weighted by Crippen LogP contribution is -2.36. The molecule has 0 saturated carbocycles. The molecule has 1 N–H and O–H groups in total. The number of hydrogen-bond acceptors (Lipinski definition) is 5. The summed E-state index contributed by atoms with van der Waals surface area (Å²) in [5.74, 6) is -1.89. The Morgan fingerprint density at radius 3 is 2.91 bits per heavy atom. The maximum atomic E-state index is 13.8. The maximum Gasteiger partial charge on any atom is 0.287 e. The minimum Gasteiger partial charge on any atom is -0.507 e. The van der Waals surface area contributed by atoms with Gasteiger partial charge in [0.25, 0.3) is 11.6 Å². The van der Waals surface area contributed by atoms with E-state index in [2.05, 4.69) is 4.98 Å². The van der Waals surface area contributed by atoms with Crippen molar-refractivity contribution in [3.05, 3.63) is 63.2 Å². The molecule has 0 bridgehead atoms. The molecule has 0 fully saturated rings. The van der Waals surface area contributed by atoms with Gasteiger partial charge in [-0.15, -0.1) is 0 Å². The van der Waals surface area contributed by atoms with E-state index in [-0.39, 0.29) is 12.2 Å². The van der Waals surface area contributed by atoms with E-state index in [1.54, 1.807) is 0 Å². The number of aromatic hydroxyl groups is 1. The summed E-state index contributed by atoms with van der Waals surface area (Å²) in [5, 5.41) is 20.5. The summed E-state index contributed by atoms with van der Waals surface area (Å²) < 4.78 is 13.8. The van der Waals surface area contributed by atoms with Crippen molar-refractivity contribution in [2.75, 3.05) is 6.54 Å². The molecule has 0 aliphatic carbocycles. The summed E-state index contributed by atoms with van der Waals surface area (Å²) in [6.07, 6.45) is 1.59. The van der Waals surface area contributed by atoms with Crippen LogP contribution in [0.3, 0.4) is 0 Å². The highest BCUT2D eigenvalue weighted by Crippen LogP contribution is 2.26. The summed E-state index contributed by atoms with van der Waals surface area (Å²) in [7, 11) is 0. The van der Waals surface area contributed by atoms with E-state index >= 15 is 0 Å². The number of benzene rings is 1. The van der Waals surface area contributed by atoms with Crippen LogP contribution in [-0.2, 0) is 13.0 Å². The fourth-order valence-electron chi connectivity index (χ4n) is 2.57. The number of phenolic OH excluding ortho intramolecular Hbond substituents is 1. The quantitative estimate of drug-likeness (QED) is 0.675. The number of carbonyl (C=O) groups excluding carboxylic acids is 1. The molecule has 0 spiro atoms. The molecule has 118 valence electrons. The van der Waals surface area contributed by atoms with Crippen LogP contribution >= 0.6 is 0 Å². The van der Waals surface area contributed by atoms with Crippen LogP contribution in [0, 0.1) is 15.9 Å². The number of amides is 1. The number of hydrogen-bond donors (Lipinski definition) is 1. The third-order valence-electron chi connectivity index (χ3n) is 3.73. The fraction of sp³-hybridized carbons (Fsp3) is 0.200. The van der Waals surface area contributed by atoms with Crippen molar-refractivity contribution in [2.45, 2.75) is 13.0 Å². The van der Waals surface area contributed by atoms with Crippen LogP contribution in [0.5, 0.6) is 5.75 Å². The smallest absolute Gasteiger partial charge is 0.287 e. The summed E-state index contributed by atoms with van der Waals surface area (Å²) in [6.45, 7) is 0.376. The van der Waals surface area contributed by atoms with Gasteiger partial charge in [-0.3, -0.25) is 19.9 Å². The Balaban J connectivity index is 1.91. The zero-order chi connectivity index (χ0) is 16.6. The van der Waals surface area contributed by atoms with Crippen LogP contribution in [0.1, 0.15) is 21.6 Å². The molecular weight excluding hydrogens is 305 g/mol. The van der Waals surface area contributed by atoms with Gasteiger partial charge in [-0.1, -0.05) is 6.07 Å². The first-order chi connectivity index (χ1) is 11.0. The third-order valence-corrected chi connectivity index (χ3v) is 3.73. The minimum atomic E-state index is -0.807. The number of aromatic nitrogens is 1. The van der Waals surface area contributed by atoms with E-state index in [9.17, 15) is 24.4 Å². The van der Waals surface area contributed by atoms with E-state index < -0.39 is 28.0 Å². The highest BCUT2D eigenvalue weighted by molar-refractivity contribution is 5.97. The Hall–Kier alpha value is -3.03. The van der Waals surface area contributed by atoms with Crippen LogP contribution in [0.15, 0.2) is 30.5 Å². The zero-order valence-corrected chi connectivity index (χ0v) is 11.9. The lowest BCUT2D eigenvalue weighted by atomic mass is 10.0. The van der Waals surface area contributed by atoms with Gasteiger partial charge in [-0.25, -0.2) is 4.39 Å². The summed E-state index contributed by atoms with van der Waals surface area (Å²) in [5.41, 5.74) is 0.674. The Labute approximate surface area is 130 Å². The lowest BCUT2D eigenvalue weighted by Gasteiger charge is -2.28. The van der Waals surface area contributed by atoms with E-state index in [1.807, 2.05) is 0 Å². The van der Waals surface area contributed by atoms with Crippen LogP contribution in [0.2, 0.25) is 0 Å². The predicted molar refractivity (Wildman–Crippen MR) is 77.4 cm³/mol. The molecule has 1 aromatic heterocycles. The Kier molecular flexibility index (Phi) is 3.65. The van der Waals surface area contributed by atoms with Gasteiger partial charge in [-0.05, 0) is 17.7 Å². The third kappa shape index (κ3) is 2.70. The van der Waals surface area contributed by atoms with Crippen molar-refractivity contribution in [3.63, 3.8) is 0 Å². The normalized spacial score (nSPS) is 13.5. The molecule has 1 amide bonds. The summed E-state index contributed by atoms with van der Waals surface area (Å²) in [4.78, 5) is 28.1. The second kappa shape index (κ2) is 5.64. The maximum absolute atomic E-state index is 13.8. The van der Waals surface area contributed by atoms with Gasteiger partial charge in [0, 0.05) is 31.3 Å². The molecule has 0 radical (unpaired) electrons. The standard InChI is InChI=1S/C15H12FN3O4/c16-11-2-1-3-13(20)14(11)15(21)18-5-4-12-9(8-18)6-10(7-17-12)19(22)23/h1-3,6-7,20H,4-5,8H2. The van der Waals surface area contributed by atoms with Crippen LogP contribution in [0.25, 0.3) is 0 Å². The minimum absolute atomic E-state index is 0.0800. The predicted octanol–water partition coefficient (Wildman–Crippen LogP) is 2.03. The van der Waals surface area contributed by atoms with Crippen molar-refractivity contribution in [3.8, 4) is 5.75 Å². The monoisotopic (exact) mass is 317 g/mol. The van der Waals surface area contributed by atoms with E-state index in [0.717, 1.165) is 6.07 Å². The van der Waals surface area contributed by atoms with Crippen molar-refractivity contribution in [2.24, 2.45) is 0 Å². The molecule has 0 unspecified atom stereocenters. The highest BCUT2D eigenvalue weighted by Gasteiger charge is 2.27. The van der Waals surface area contributed by atoms with Crippen molar-refractivity contribution >= 4 is 11.6 Å². The lowest BCUT2D eigenvalue weighted by molar-refractivity contribution is -0.385. The first-order valence-electron chi connectivity index (χ1n) is 6.86. The average Bonchev–Trinajstić information content (AvgIpc) is 2.53. The van der Waals surface area contributed by atoms with Crippen molar-refractivity contribution < 1.29 is 19.2 Å². The van der Waals surface area contributed by atoms with Gasteiger partial charge < -0.3 is 10.0 Å². The number of fused-ring (bicyclic) bond motifs is 1. The number of phenols is 1. The molecule has 1 aromatic carbocycles. The van der Waals surface area contributed by atoms with Crippen molar-refractivity contribution in [1.82, 2.24) is 9.88 Å². The molecule has 8 heteroatoms. The van der Waals surface area contributed by atoms with Gasteiger partial charge in [0.15, 0.2) is 0 Å². The fourth-order valence-corrected chi connectivity index (χ4v) is 2.57. The van der Waals surface area contributed by atoms with Gasteiger partial charge in [0.05, 0.1) is 4.92 Å². The van der Waals surface area contributed by atoms with Gasteiger partial charge in [0.2, 0.25) is 0 Å². The summed E-state index contributed by atoms with van der Waals surface area (Å²) >= 11 is 0. The van der Waals surface area contributed by atoms with Gasteiger partial charge in [-0.2, -0.15) is 0 Å². The summed E-state index contributed by atoms with van der Waals surface area (Å²) in [6, 6.07) is 5.00. The topological polar surface area (TPSA) is 96.6 Å². The number of nitrogens with zero attached hydrogens (tertiary/aromatic N) is 3. The first kappa shape index (κ1) is 14.9. The molecule has 1 aliphatic heterocycles. The molecule has 7 nitrogen and oxygen atoms in total. The SMILES string of the molecule is O=C(c1c(O)cccc1F)N1CCc2ncc([N+](=O)[O-])cc2C1. The largest absolute Gasteiger partial charge is 0.507 e. The molecule has 0 saturated heterocycles. The molecule has 2 heterocycles. The van der Waals surface area contributed by atoms with Crippen molar-refractivity contribution in [1.29, 1.82) is 0 Å². The highest BCUT2D eigenvalue weighted by atomic mass is 19.1. The Morgan fingerprint density at radius 2 is 2.22 bits per heavy atom. The zero-order valence-electron chi connectivity index (χ0n) is 11.9. The number of rotatable bonds is 2. The average molecular weight is 317 g/mol. The molecule has 3 rings (SSSR count). The Morgan fingerprint density at radius 1 is 1.43 bits per heavy atom. The second-order valence-electron chi connectivity index (χ2n) is 5.17. The van der Waals surface area contributed by atoms with Gasteiger partial charge >= 0.3 is 0 Å². The van der Waals surface area contributed by atoms with E-state index in [1.165, 1.54) is 29.3 Å². The first-order valence-corrected chi connectivity index (χ1v) is 6.86. The second-order valence-corrected chi connectivity index (χ2v) is 5.17. The van der Waals surface area contributed by atoms with Crippen LogP contribution in [-0.4, -0.2) is 32.4 Å². The molecule has 0 atom stereocenters. The van der Waals surface area contributed by atoms with Crippen LogP contribution < -0.4 is 0 Å². The molecule has 1 aliphatic rings. The van der Waals surface area contributed by atoms with Gasteiger partial charge in [0.1, 0.15) is 23.3 Å². The van der Waals surface area contributed by atoms with E-state index in [0.29, 0.717) is 24.2 Å². The number of pyridine rings is 1. The number of nitro groups is 1. The number of halogens is 1. The molecule has 2 aromatic rings. The Bertz CT molecular complexity index is 789. The molecule has 23 heavy (non-hydrogen) atoms. The molecular formula is C15H12FN3O4. The van der Waals surface area contributed by atoms with Crippen LogP contribution in [0.4, 0.5) is 10.1 Å². The van der Waals surface area contributed by atoms with E-state index in [4.69, 9.17) is 0 Å².